The summed E-state index contributed by atoms with van der Waals surface area (Å²) < 4.78 is 5.25. The van der Waals surface area contributed by atoms with E-state index in [1.165, 1.54) is 0 Å². The monoisotopic (exact) mass is 414 g/mol. The largest absolute Gasteiger partial charge is 0.497 e. The van der Waals surface area contributed by atoms with Crippen LogP contribution in [-0.4, -0.2) is 25.5 Å². The number of hydrogen-bond acceptors (Lipinski definition) is 3. The molecule has 2 amide bonds. The van der Waals surface area contributed by atoms with Crippen LogP contribution < -0.4 is 14.5 Å². The van der Waals surface area contributed by atoms with Crippen molar-refractivity contribution in [3.63, 3.8) is 0 Å². The molecule has 0 aromatic heterocycles. The van der Waals surface area contributed by atoms with Crippen LogP contribution in [0.15, 0.2) is 66.7 Å². The summed E-state index contributed by atoms with van der Waals surface area (Å²) in [7, 11) is 1.60. The van der Waals surface area contributed by atoms with Gasteiger partial charge in [-0.3, -0.25) is 14.5 Å². The van der Waals surface area contributed by atoms with Crippen molar-refractivity contribution in [1.82, 2.24) is 0 Å². The highest BCUT2D eigenvalue weighted by atomic mass is 16.5. The first kappa shape index (κ1) is 20.7. The van der Waals surface area contributed by atoms with E-state index in [0.29, 0.717) is 11.4 Å². The van der Waals surface area contributed by atoms with Crippen molar-refractivity contribution in [2.45, 2.75) is 26.8 Å². The van der Waals surface area contributed by atoms with Crippen LogP contribution in [0.5, 0.6) is 5.75 Å². The minimum Gasteiger partial charge on any atom is -0.497 e. The molecule has 3 aromatic carbocycles. The Morgan fingerprint density at radius 3 is 2.19 bits per heavy atom. The second-order valence-corrected chi connectivity index (χ2v) is 7.92. The lowest BCUT2D eigenvalue weighted by atomic mass is 9.97. The first-order valence-electron chi connectivity index (χ1n) is 10.3. The van der Waals surface area contributed by atoms with Gasteiger partial charge in [-0.1, -0.05) is 42.0 Å². The lowest BCUT2D eigenvalue weighted by molar-refractivity contribution is -0.128. The van der Waals surface area contributed by atoms with Gasteiger partial charge in [0.05, 0.1) is 7.11 Å². The number of carbonyl (C=O) groups excluding carboxylic acids is 2. The summed E-state index contributed by atoms with van der Waals surface area (Å²) in [6, 6.07) is 20.1. The fourth-order valence-electron chi connectivity index (χ4n) is 4.00. The molecule has 4 rings (SSSR count). The Labute approximate surface area is 182 Å². The zero-order valence-electron chi connectivity index (χ0n) is 18.3. The number of methoxy groups -OCH3 is 1. The fraction of sp³-hybridized carbons (Fsp3) is 0.231. The molecule has 1 saturated heterocycles. The normalized spacial score (nSPS) is 16.6. The van der Waals surface area contributed by atoms with E-state index in [-0.39, 0.29) is 18.4 Å². The molecule has 0 bridgehead atoms. The molecule has 1 unspecified atom stereocenters. The zero-order valence-corrected chi connectivity index (χ0v) is 18.3. The molecule has 0 spiro atoms. The Balaban J connectivity index is 1.82. The average molecular weight is 415 g/mol. The van der Waals surface area contributed by atoms with Crippen LogP contribution in [0.25, 0.3) is 0 Å². The molecule has 5 heteroatoms. The third-order valence-corrected chi connectivity index (χ3v) is 5.93. The molecule has 3 aromatic rings. The molecule has 1 aliphatic rings. The number of nitrogens with zero attached hydrogens (tertiary/aromatic N) is 2. The van der Waals surface area contributed by atoms with Gasteiger partial charge in [0.15, 0.2) is 0 Å². The smallest absolute Gasteiger partial charge is 0.255 e. The van der Waals surface area contributed by atoms with Gasteiger partial charge in [-0.05, 0) is 67.8 Å². The minimum atomic E-state index is -0.741. The predicted octanol–water partition coefficient (Wildman–Crippen LogP) is 4.74. The highest BCUT2D eigenvalue weighted by Gasteiger charge is 2.42. The zero-order chi connectivity index (χ0) is 22.1. The lowest BCUT2D eigenvalue weighted by Crippen LogP contribution is -2.56. The number of hydrogen-bond donors (Lipinski definition) is 0. The number of aryl methyl sites for hydroxylation is 2. The van der Waals surface area contributed by atoms with Crippen molar-refractivity contribution in [3.8, 4) is 5.75 Å². The number of ether oxygens (including phenoxy) is 1. The summed E-state index contributed by atoms with van der Waals surface area (Å²) in [4.78, 5) is 30.5. The third kappa shape index (κ3) is 3.79. The van der Waals surface area contributed by atoms with Crippen molar-refractivity contribution >= 4 is 23.2 Å². The summed E-state index contributed by atoms with van der Waals surface area (Å²) in [5.74, 6) is 0.452. The molecule has 1 heterocycles. The average Bonchev–Trinajstić information content (AvgIpc) is 2.78. The highest BCUT2D eigenvalue weighted by Crippen LogP contribution is 2.36. The molecule has 0 N–H and O–H groups in total. The standard InChI is InChI=1S/C26H26N2O3/c1-17-8-10-20(11-9-17)25-26(30)27(23-7-5-6-18(2)19(23)3)16-24(29)28(25)21-12-14-22(31-4)15-13-21/h5-15,25H,16H2,1-4H3. The Morgan fingerprint density at radius 1 is 0.871 bits per heavy atom. The number of rotatable bonds is 4. The van der Waals surface area contributed by atoms with E-state index in [4.69, 9.17) is 4.74 Å². The van der Waals surface area contributed by atoms with Gasteiger partial charge in [-0.15, -0.1) is 0 Å². The first-order chi connectivity index (χ1) is 14.9. The van der Waals surface area contributed by atoms with Crippen LogP contribution in [0.4, 0.5) is 11.4 Å². The Hall–Kier alpha value is -3.60. The van der Waals surface area contributed by atoms with Crippen LogP contribution in [0.1, 0.15) is 28.3 Å². The fourth-order valence-corrected chi connectivity index (χ4v) is 4.00. The number of benzene rings is 3. The van der Waals surface area contributed by atoms with Crippen LogP contribution in [0.2, 0.25) is 0 Å². The minimum absolute atomic E-state index is 0.00246. The summed E-state index contributed by atoms with van der Waals surface area (Å²) in [5.41, 5.74) is 5.43. The second-order valence-electron chi connectivity index (χ2n) is 7.92. The van der Waals surface area contributed by atoms with Crippen molar-refractivity contribution < 1.29 is 14.3 Å². The molecule has 31 heavy (non-hydrogen) atoms. The van der Waals surface area contributed by atoms with Crippen LogP contribution in [0.3, 0.4) is 0 Å². The van der Waals surface area contributed by atoms with E-state index in [9.17, 15) is 9.59 Å². The molecule has 0 saturated carbocycles. The van der Waals surface area contributed by atoms with Crippen LogP contribution in [-0.2, 0) is 9.59 Å². The molecule has 158 valence electrons. The van der Waals surface area contributed by atoms with Gasteiger partial charge in [0, 0.05) is 11.4 Å². The van der Waals surface area contributed by atoms with Crippen molar-refractivity contribution in [2.75, 3.05) is 23.5 Å². The van der Waals surface area contributed by atoms with E-state index in [0.717, 1.165) is 27.9 Å². The molecule has 1 fully saturated rings. The number of amides is 2. The first-order valence-corrected chi connectivity index (χ1v) is 10.3. The van der Waals surface area contributed by atoms with Gasteiger partial charge in [-0.25, -0.2) is 0 Å². The third-order valence-electron chi connectivity index (χ3n) is 5.93. The summed E-state index contributed by atoms with van der Waals surface area (Å²) >= 11 is 0. The number of anilines is 2. The highest BCUT2D eigenvalue weighted by molar-refractivity contribution is 6.14. The van der Waals surface area contributed by atoms with E-state index in [1.807, 2.05) is 75.4 Å². The molecule has 1 aliphatic heterocycles. The van der Waals surface area contributed by atoms with Gasteiger partial charge >= 0.3 is 0 Å². The van der Waals surface area contributed by atoms with Crippen LogP contribution in [0, 0.1) is 20.8 Å². The molecule has 0 aliphatic carbocycles. The van der Waals surface area contributed by atoms with E-state index in [1.54, 1.807) is 29.0 Å². The van der Waals surface area contributed by atoms with E-state index < -0.39 is 6.04 Å². The maximum Gasteiger partial charge on any atom is 0.255 e. The predicted molar refractivity (Wildman–Crippen MR) is 123 cm³/mol. The molecular weight excluding hydrogens is 388 g/mol. The summed E-state index contributed by atoms with van der Waals surface area (Å²) in [5, 5.41) is 0. The van der Waals surface area contributed by atoms with Crippen molar-refractivity contribution in [2.24, 2.45) is 0 Å². The molecule has 5 nitrogen and oxygen atoms in total. The lowest BCUT2D eigenvalue weighted by Gasteiger charge is -2.41. The van der Waals surface area contributed by atoms with Crippen LogP contribution >= 0.6 is 0 Å². The van der Waals surface area contributed by atoms with Gasteiger partial charge in [0.1, 0.15) is 18.3 Å². The maximum absolute atomic E-state index is 13.8. The Kier molecular flexibility index (Phi) is 5.51. The maximum atomic E-state index is 13.8. The van der Waals surface area contributed by atoms with E-state index in [2.05, 4.69) is 0 Å². The van der Waals surface area contributed by atoms with E-state index >= 15 is 0 Å². The number of carbonyl (C=O) groups is 2. The Morgan fingerprint density at radius 2 is 1.55 bits per heavy atom. The SMILES string of the molecule is COc1ccc(N2C(=O)CN(c3cccc(C)c3C)C(=O)C2c2ccc(C)cc2)cc1. The second kappa shape index (κ2) is 8.26. The molecular formula is C26H26N2O3. The summed E-state index contributed by atoms with van der Waals surface area (Å²) in [6.07, 6.45) is 0. The topological polar surface area (TPSA) is 49.9 Å². The Bertz CT molecular complexity index is 1120. The van der Waals surface area contributed by atoms with Crippen molar-refractivity contribution in [1.29, 1.82) is 0 Å². The van der Waals surface area contributed by atoms with Gasteiger partial charge in [-0.2, -0.15) is 0 Å². The quantitative estimate of drug-likeness (QED) is 0.620. The van der Waals surface area contributed by atoms with Gasteiger partial charge in [0.25, 0.3) is 5.91 Å². The van der Waals surface area contributed by atoms with Gasteiger partial charge in [0.2, 0.25) is 5.91 Å². The molecule has 1 atom stereocenters. The summed E-state index contributed by atoms with van der Waals surface area (Å²) in [6.45, 7) is 5.99. The van der Waals surface area contributed by atoms with Gasteiger partial charge < -0.3 is 9.64 Å². The number of piperazine rings is 1. The van der Waals surface area contributed by atoms with Crippen molar-refractivity contribution in [3.05, 3.63) is 89.0 Å². The molecule has 0 radical (unpaired) electrons.